The van der Waals surface area contributed by atoms with Gasteiger partial charge in [-0.15, -0.1) is 12.4 Å². The van der Waals surface area contributed by atoms with E-state index in [1.165, 1.54) is 12.1 Å². The van der Waals surface area contributed by atoms with Crippen LogP contribution >= 0.6 is 12.4 Å². The third kappa shape index (κ3) is 5.99. The molecule has 0 bridgehead atoms. The lowest BCUT2D eigenvalue weighted by Crippen LogP contribution is -2.52. The van der Waals surface area contributed by atoms with Gasteiger partial charge in [-0.1, -0.05) is 12.1 Å². The van der Waals surface area contributed by atoms with Gasteiger partial charge in [0.2, 0.25) is 5.91 Å². The fraction of sp³-hybridized carbons (Fsp3) is 0.533. The molecule has 0 radical (unpaired) electrons. The molecule has 1 aliphatic heterocycles. The number of piperazine rings is 1. The summed E-state index contributed by atoms with van der Waals surface area (Å²) in [5.74, 6) is -0.175. The molecular weight excluding hydrogens is 293 g/mol. The Hall–Kier alpha value is -1.17. The normalized spacial score (nSPS) is 18.9. The Morgan fingerprint density at radius 1 is 1.43 bits per heavy atom. The Balaban J connectivity index is 0.00000220. The number of hydrogen-bond donors (Lipinski definition) is 2. The Kier molecular flexibility index (Phi) is 7.64. The van der Waals surface area contributed by atoms with Crippen LogP contribution in [0.2, 0.25) is 0 Å². The summed E-state index contributed by atoms with van der Waals surface area (Å²) in [5, 5.41) is 6.22. The second-order valence-corrected chi connectivity index (χ2v) is 5.25. The van der Waals surface area contributed by atoms with Gasteiger partial charge in [0.05, 0.1) is 6.54 Å². The van der Waals surface area contributed by atoms with Gasteiger partial charge in [-0.05, 0) is 31.0 Å². The average Bonchev–Trinajstić information content (AvgIpc) is 2.44. The first kappa shape index (κ1) is 17.9. The molecule has 1 aromatic carbocycles. The minimum absolute atomic E-state index is 0. The summed E-state index contributed by atoms with van der Waals surface area (Å²) in [6.07, 6.45) is 0.725. The second-order valence-electron chi connectivity index (χ2n) is 5.25. The van der Waals surface area contributed by atoms with Crippen LogP contribution in [0, 0.1) is 5.82 Å². The molecule has 4 nitrogen and oxygen atoms in total. The zero-order valence-corrected chi connectivity index (χ0v) is 13.1. The molecule has 1 aliphatic rings. The van der Waals surface area contributed by atoms with Crippen LogP contribution in [0.25, 0.3) is 0 Å². The van der Waals surface area contributed by atoms with Crippen LogP contribution in [0.4, 0.5) is 4.39 Å². The summed E-state index contributed by atoms with van der Waals surface area (Å²) < 4.78 is 12.8. The van der Waals surface area contributed by atoms with Crippen molar-refractivity contribution >= 4 is 18.3 Å². The number of carbonyl (C=O) groups is 1. The van der Waals surface area contributed by atoms with E-state index in [4.69, 9.17) is 0 Å². The van der Waals surface area contributed by atoms with Crippen LogP contribution in [0.3, 0.4) is 0 Å². The van der Waals surface area contributed by atoms with Crippen LogP contribution in [-0.4, -0.2) is 49.6 Å². The number of amides is 1. The predicted octanol–water partition coefficient (Wildman–Crippen LogP) is 1.20. The summed E-state index contributed by atoms with van der Waals surface area (Å²) >= 11 is 0. The van der Waals surface area contributed by atoms with Crippen molar-refractivity contribution in [1.29, 1.82) is 0 Å². The van der Waals surface area contributed by atoms with Crippen molar-refractivity contribution < 1.29 is 9.18 Å². The Morgan fingerprint density at radius 2 is 2.14 bits per heavy atom. The summed E-state index contributed by atoms with van der Waals surface area (Å²) in [7, 11) is 0. The number of nitrogens with zero attached hydrogens (tertiary/aromatic N) is 1. The van der Waals surface area contributed by atoms with Crippen molar-refractivity contribution in [2.24, 2.45) is 0 Å². The maximum Gasteiger partial charge on any atom is 0.234 e. The molecule has 1 atom stereocenters. The van der Waals surface area contributed by atoms with Crippen LogP contribution in [0.1, 0.15) is 12.5 Å². The van der Waals surface area contributed by atoms with Gasteiger partial charge in [-0.25, -0.2) is 4.39 Å². The van der Waals surface area contributed by atoms with Gasteiger partial charge >= 0.3 is 0 Å². The van der Waals surface area contributed by atoms with Crippen LogP contribution in [0.5, 0.6) is 0 Å². The predicted molar refractivity (Wildman–Crippen MR) is 84.3 cm³/mol. The van der Waals surface area contributed by atoms with Gasteiger partial charge in [0.15, 0.2) is 0 Å². The first-order valence-electron chi connectivity index (χ1n) is 7.11. The molecule has 0 spiro atoms. The number of carbonyl (C=O) groups excluding carboxylic acids is 1. The van der Waals surface area contributed by atoms with E-state index in [1.807, 2.05) is 0 Å². The summed E-state index contributed by atoms with van der Waals surface area (Å²) in [4.78, 5) is 14.1. The molecule has 0 aliphatic carbocycles. The zero-order valence-electron chi connectivity index (χ0n) is 12.3. The second kappa shape index (κ2) is 8.97. The largest absolute Gasteiger partial charge is 0.355 e. The molecule has 1 aromatic rings. The topological polar surface area (TPSA) is 44.4 Å². The first-order valence-corrected chi connectivity index (χ1v) is 7.11. The average molecular weight is 316 g/mol. The van der Waals surface area contributed by atoms with Gasteiger partial charge in [0.1, 0.15) is 5.82 Å². The molecule has 1 fully saturated rings. The highest BCUT2D eigenvalue weighted by Gasteiger charge is 2.19. The van der Waals surface area contributed by atoms with Gasteiger partial charge in [-0.3, -0.25) is 9.69 Å². The van der Waals surface area contributed by atoms with E-state index in [9.17, 15) is 9.18 Å². The Morgan fingerprint density at radius 3 is 2.81 bits per heavy atom. The van der Waals surface area contributed by atoms with Gasteiger partial charge in [-0.2, -0.15) is 0 Å². The summed E-state index contributed by atoms with van der Waals surface area (Å²) in [6, 6.07) is 6.78. The molecule has 118 valence electrons. The van der Waals surface area contributed by atoms with Gasteiger partial charge < -0.3 is 10.6 Å². The maximum atomic E-state index is 12.8. The molecule has 1 heterocycles. The highest BCUT2D eigenvalue weighted by molar-refractivity contribution is 5.85. The highest BCUT2D eigenvalue weighted by atomic mass is 35.5. The van der Waals surface area contributed by atoms with Crippen molar-refractivity contribution in [3.63, 3.8) is 0 Å². The smallest absolute Gasteiger partial charge is 0.234 e. The van der Waals surface area contributed by atoms with Gasteiger partial charge in [0, 0.05) is 32.2 Å². The van der Waals surface area contributed by atoms with E-state index >= 15 is 0 Å². The molecule has 1 unspecified atom stereocenters. The summed E-state index contributed by atoms with van der Waals surface area (Å²) in [5.41, 5.74) is 1.03. The van der Waals surface area contributed by atoms with Crippen LogP contribution in [-0.2, 0) is 11.2 Å². The fourth-order valence-corrected chi connectivity index (χ4v) is 2.36. The number of benzene rings is 1. The van der Waals surface area contributed by atoms with Crippen LogP contribution in [0.15, 0.2) is 24.3 Å². The van der Waals surface area contributed by atoms with Crippen molar-refractivity contribution in [3.05, 3.63) is 35.6 Å². The fourth-order valence-electron chi connectivity index (χ4n) is 2.36. The summed E-state index contributed by atoms with van der Waals surface area (Å²) in [6.45, 7) is 5.94. The molecule has 6 heteroatoms. The molecule has 0 aromatic heterocycles. The minimum atomic E-state index is -0.231. The molecule has 1 amide bonds. The quantitative estimate of drug-likeness (QED) is 0.858. The van der Waals surface area contributed by atoms with Gasteiger partial charge in [0.25, 0.3) is 0 Å². The van der Waals surface area contributed by atoms with E-state index in [-0.39, 0.29) is 24.1 Å². The van der Waals surface area contributed by atoms with Crippen molar-refractivity contribution in [2.75, 3.05) is 32.7 Å². The number of rotatable bonds is 5. The minimum Gasteiger partial charge on any atom is -0.355 e. The van der Waals surface area contributed by atoms with E-state index in [2.05, 4.69) is 22.5 Å². The lowest BCUT2D eigenvalue weighted by Gasteiger charge is -2.33. The first-order chi connectivity index (χ1) is 9.65. The van der Waals surface area contributed by atoms with E-state index in [1.54, 1.807) is 12.1 Å². The van der Waals surface area contributed by atoms with E-state index in [0.717, 1.165) is 31.6 Å². The Bertz CT molecular complexity index is 441. The standard InChI is InChI=1S/C15H22FN3O.ClH/c1-12-10-17-8-9-19(12)11-15(20)18-7-6-13-2-4-14(16)5-3-13;/h2-5,12,17H,6-11H2,1H3,(H,18,20);1H. The SMILES string of the molecule is CC1CNCCN1CC(=O)NCCc1ccc(F)cc1.Cl. The van der Waals surface area contributed by atoms with Crippen LogP contribution < -0.4 is 10.6 Å². The van der Waals surface area contributed by atoms with E-state index in [0.29, 0.717) is 19.1 Å². The van der Waals surface area contributed by atoms with Crippen molar-refractivity contribution in [2.45, 2.75) is 19.4 Å². The molecule has 2 rings (SSSR count). The van der Waals surface area contributed by atoms with Crippen molar-refractivity contribution in [1.82, 2.24) is 15.5 Å². The zero-order chi connectivity index (χ0) is 14.4. The van der Waals surface area contributed by atoms with Crippen molar-refractivity contribution in [3.8, 4) is 0 Å². The molecule has 21 heavy (non-hydrogen) atoms. The highest BCUT2D eigenvalue weighted by Crippen LogP contribution is 2.03. The molecular formula is C15H23ClFN3O. The maximum absolute atomic E-state index is 12.8. The lowest BCUT2D eigenvalue weighted by atomic mass is 10.1. The van der Waals surface area contributed by atoms with E-state index < -0.39 is 0 Å². The Labute approximate surface area is 131 Å². The lowest BCUT2D eigenvalue weighted by molar-refractivity contribution is -0.122. The number of hydrogen-bond acceptors (Lipinski definition) is 3. The molecule has 1 saturated heterocycles. The third-order valence-corrected chi connectivity index (χ3v) is 3.63. The number of nitrogens with one attached hydrogen (secondary N) is 2. The third-order valence-electron chi connectivity index (χ3n) is 3.63. The monoisotopic (exact) mass is 315 g/mol. The molecule has 2 N–H and O–H groups in total. The number of halogens is 2. The molecule has 0 saturated carbocycles.